The first kappa shape index (κ1) is 14.5. The molecular weight excluding hydrogens is 248 g/mol. The van der Waals surface area contributed by atoms with Crippen molar-refractivity contribution in [3.8, 4) is 0 Å². The average molecular weight is 270 g/mol. The predicted octanol–water partition coefficient (Wildman–Crippen LogP) is 3.12. The summed E-state index contributed by atoms with van der Waals surface area (Å²) in [5, 5.41) is 4.37. The number of rotatable bonds is 7. The molecule has 0 aliphatic heterocycles. The number of benzene rings is 1. The van der Waals surface area contributed by atoms with Crippen molar-refractivity contribution < 1.29 is 4.79 Å². The third-order valence-electron chi connectivity index (χ3n) is 3.53. The summed E-state index contributed by atoms with van der Waals surface area (Å²) >= 11 is 0. The van der Waals surface area contributed by atoms with Gasteiger partial charge in [0.2, 0.25) is 0 Å². The molecule has 0 radical (unpaired) electrons. The van der Waals surface area contributed by atoms with E-state index in [1.165, 1.54) is 5.56 Å². The zero-order valence-electron chi connectivity index (χ0n) is 12.3. The number of aromatic nitrogens is 2. The van der Waals surface area contributed by atoms with Crippen LogP contribution in [0.4, 0.5) is 0 Å². The van der Waals surface area contributed by atoms with Gasteiger partial charge in [-0.3, -0.25) is 9.48 Å². The fourth-order valence-electron chi connectivity index (χ4n) is 2.33. The number of aryl methyl sites for hydroxylation is 3. The van der Waals surface area contributed by atoms with E-state index in [2.05, 4.69) is 24.2 Å². The highest BCUT2D eigenvalue weighted by molar-refractivity contribution is 5.80. The van der Waals surface area contributed by atoms with Crippen LogP contribution < -0.4 is 0 Å². The second kappa shape index (κ2) is 7.04. The summed E-state index contributed by atoms with van der Waals surface area (Å²) in [6.45, 7) is 2.08. The normalized spacial score (nSPS) is 10.7. The summed E-state index contributed by atoms with van der Waals surface area (Å²) in [4.78, 5) is 12.0. The standard InChI is InChI=1S/C17H22N2O/c1-3-15-12-16(19(2)18-15)13-17(20)11-7-10-14-8-5-4-6-9-14/h4-6,8-9,12H,3,7,10-11,13H2,1-2H3. The average Bonchev–Trinajstić information content (AvgIpc) is 2.80. The highest BCUT2D eigenvalue weighted by Gasteiger charge is 2.09. The molecule has 0 aliphatic carbocycles. The molecule has 0 spiro atoms. The molecule has 0 N–H and O–H groups in total. The molecule has 0 fully saturated rings. The Bertz CT molecular complexity index is 558. The molecule has 1 heterocycles. The second-order valence-electron chi connectivity index (χ2n) is 5.16. The first-order valence-electron chi connectivity index (χ1n) is 7.26. The molecule has 2 rings (SSSR count). The Morgan fingerprint density at radius 1 is 1.25 bits per heavy atom. The van der Waals surface area contributed by atoms with Crippen LogP contribution in [0, 0.1) is 0 Å². The van der Waals surface area contributed by atoms with E-state index in [1.54, 1.807) is 0 Å². The lowest BCUT2D eigenvalue weighted by molar-refractivity contribution is -0.118. The largest absolute Gasteiger partial charge is 0.299 e. The summed E-state index contributed by atoms with van der Waals surface area (Å²) in [6, 6.07) is 12.4. The molecule has 0 saturated carbocycles. The van der Waals surface area contributed by atoms with Gasteiger partial charge in [-0.05, 0) is 30.9 Å². The van der Waals surface area contributed by atoms with Crippen molar-refractivity contribution >= 4 is 5.78 Å². The van der Waals surface area contributed by atoms with E-state index in [1.807, 2.05) is 36.0 Å². The number of hydrogen-bond acceptors (Lipinski definition) is 2. The van der Waals surface area contributed by atoms with Crippen molar-refractivity contribution in [2.24, 2.45) is 7.05 Å². The third kappa shape index (κ3) is 4.05. The number of ketones is 1. The van der Waals surface area contributed by atoms with Crippen molar-refractivity contribution in [1.29, 1.82) is 0 Å². The van der Waals surface area contributed by atoms with Crippen molar-refractivity contribution in [1.82, 2.24) is 9.78 Å². The Morgan fingerprint density at radius 3 is 2.65 bits per heavy atom. The minimum atomic E-state index is 0.298. The van der Waals surface area contributed by atoms with Crippen molar-refractivity contribution in [2.45, 2.75) is 39.0 Å². The van der Waals surface area contributed by atoms with Crippen LogP contribution in [0.1, 0.15) is 36.7 Å². The maximum Gasteiger partial charge on any atom is 0.138 e. The summed E-state index contributed by atoms with van der Waals surface area (Å²) in [5.41, 5.74) is 3.38. The van der Waals surface area contributed by atoms with Gasteiger partial charge >= 0.3 is 0 Å². The predicted molar refractivity (Wildman–Crippen MR) is 80.7 cm³/mol. The summed E-state index contributed by atoms with van der Waals surface area (Å²) < 4.78 is 1.83. The number of carbonyl (C=O) groups excluding carboxylic acids is 1. The van der Waals surface area contributed by atoms with E-state index in [9.17, 15) is 4.79 Å². The zero-order valence-corrected chi connectivity index (χ0v) is 12.3. The Kier molecular flexibility index (Phi) is 5.10. The number of carbonyl (C=O) groups is 1. The van der Waals surface area contributed by atoms with Gasteiger partial charge in [-0.15, -0.1) is 0 Å². The van der Waals surface area contributed by atoms with E-state index >= 15 is 0 Å². The van der Waals surface area contributed by atoms with Crippen LogP contribution in [0.3, 0.4) is 0 Å². The lowest BCUT2D eigenvalue weighted by Crippen LogP contribution is -2.07. The molecule has 1 aromatic carbocycles. The van der Waals surface area contributed by atoms with Crippen molar-refractivity contribution in [2.75, 3.05) is 0 Å². The lowest BCUT2D eigenvalue weighted by Gasteiger charge is -2.02. The number of hydrogen-bond donors (Lipinski definition) is 0. The van der Waals surface area contributed by atoms with Crippen LogP contribution in [0.15, 0.2) is 36.4 Å². The fraction of sp³-hybridized carbons (Fsp3) is 0.412. The Labute approximate surface area is 120 Å². The highest BCUT2D eigenvalue weighted by Crippen LogP contribution is 2.09. The van der Waals surface area contributed by atoms with Crippen molar-refractivity contribution in [3.05, 3.63) is 53.3 Å². The quantitative estimate of drug-likeness (QED) is 0.775. The molecule has 0 saturated heterocycles. The molecule has 106 valence electrons. The molecule has 0 atom stereocenters. The molecule has 2 aromatic rings. The van der Waals surface area contributed by atoms with Crippen LogP contribution >= 0.6 is 0 Å². The van der Waals surface area contributed by atoms with Gasteiger partial charge in [-0.25, -0.2) is 0 Å². The highest BCUT2D eigenvalue weighted by atomic mass is 16.1. The molecule has 1 aromatic heterocycles. The molecular formula is C17H22N2O. The van der Waals surface area contributed by atoms with Crippen LogP contribution in [-0.4, -0.2) is 15.6 Å². The first-order valence-corrected chi connectivity index (χ1v) is 7.26. The summed E-state index contributed by atoms with van der Waals surface area (Å²) in [7, 11) is 1.91. The molecule has 0 amide bonds. The monoisotopic (exact) mass is 270 g/mol. The minimum absolute atomic E-state index is 0.298. The first-order chi connectivity index (χ1) is 9.69. The van der Waals surface area contributed by atoms with E-state index in [4.69, 9.17) is 0 Å². The molecule has 0 bridgehead atoms. The maximum atomic E-state index is 12.0. The van der Waals surface area contributed by atoms with Gasteiger partial charge in [-0.1, -0.05) is 37.3 Å². The Morgan fingerprint density at radius 2 is 2.00 bits per heavy atom. The minimum Gasteiger partial charge on any atom is -0.299 e. The summed E-state index contributed by atoms with van der Waals surface area (Å²) in [6.07, 6.45) is 3.94. The van der Waals surface area contributed by atoms with E-state index in [0.717, 1.165) is 30.7 Å². The lowest BCUT2D eigenvalue weighted by atomic mass is 10.0. The van der Waals surface area contributed by atoms with Crippen molar-refractivity contribution in [3.63, 3.8) is 0 Å². The van der Waals surface area contributed by atoms with Crippen LogP contribution in [0.25, 0.3) is 0 Å². The second-order valence-corrected chi connectivity index (χ2v) is 5.16. The Hall–Kier alpha value is -1.90. The van der Waals surface area contributed by atoms with Crippen LogP contribution in [0.5, 0.6) is 0 Å². The van der Waals surface area contributed by atoms with Gasteiger partial charge in [0, 0.05) is 25.6 Å². The van der Waals surface area contributed by atoms with E-state index < -0.39 is 0 Å². The topological polar surface area (TPSA) is 34.9 Å². The third-order valence-corrected chi connectivity index (χ3v) is 3.53. The Balaban J connectivity index is 1.79. The van der Waals surface area contributed by atoms with Gasteiger partial charge in [-0.2, -0.15) is 5.10 Å². The van der Waals surface area contributed by atoms with Gasteiger partial charge in [0.15, 0.2) is 0 Å². The molecule has 20 heavy (non-hydrogen) atoms. The SMILES string of the molecule is CCc1cc(CC(=O)CCCc2ccccc2)n(C)n1. The fourth-order valence-corrected chi connectivity index (χ4v) is 2.33. The zero-order chi connectivity index (χ0) is 14.4. The van der Waals surface area contributed by atoms with E-state index in [0.29, 0.717) is 18.6 Å². The number of Topliss-reactive ketones (excluding diaryl/α,β-unsaturated/α-hetero) is 1. The molecule has 3 heteroatoms. The van der Waals surface area contributed by atoms with E-state index in [-0.39, 0.29) is 0 Å². The maximum absolute atomic E-state index is 12.0. The van der Waals surface area contributed by atoms with Crippen LogP contribution in [-0.2, 0) is 31.1 Å². The molecule has 0 aliphatic rings. The van der Waals surface area contributed by atoms with Gasteiger partial charge < -0.3 is 0 Å². The van der Waals surface area contributed by atoms with Crippen LogP contribution in [0.2, 0.25) is 0 Å². The smallest absolute Gasteiger partial charge is 0.138 e. The van der Waals surface area contributed by atoms with Gasteiger partial charge in [0.1, 0.15) is 5.78 Å². The summed E-state index contributed by atoms with van der Waals surface area (Å²) in [5.74, 6) is 0.298. The molecule has 3 nitrogen and oxygen atoms in total. The molecule has 0 unspecified atom stereocenters. The van der Waals surface area contributed by atoms with Gasteiger partial charge in [0.25, 0.3) is 0 Å². The number of nitrogens with zero attached hydrogens (tertiary/aromatic N) is 2. The van der Waals surface area contributed by atoms with Gasteiger partial charge in [0.05, 0.1) is 5.69 Å².